The van der Waals surface area contributed by atoms with E-state index in [9.17, 15) is 14.7 Å². The standard InChI is InChI=1S/C18H27NO5/c1-5-11-19(15(16(20)21)12-18(2,3)23-4)17(22)24-13-14-9-7-6-8-10-14/h6-10,15H,5,11-13H2,1-4H3,(H,20,21). The summed E-state index contributed by atoms with van der Waals surface area (Å²) in [4.78, 5) is 25.4. The van der Waals surface area contributed by atoms with Gasteiger partial charge in [-0.15, -0.1) is 0 Å². The molecule has 0 aromatic heterocycles. The number of nitrogens with zero attached hydrogens (tertiary/aromatic N) is 1. The monoisotopic (exact) mass is 337 g/mol. The van der Waals surface area contributed by atoms with Crippen LogP contribution in [0.25, 0.3) is 0 Å². The number of hydrogen-bond acceptors (Lipinski definition) is 4. The van der Waals surface area contributed by atoms with E-state index in [1.807, 2.05) is 37.3 Å². The zero-order valence-corrected chi connectivity index (χ0v) is 14.8. The van der Waals surface area contributed by atoms with Crippen LogP contribution < -0.4 is 0 Å². The van der Waals surface area contributed by atoms with E-state index in [-0.39, 0.29) is 13.0 Å². The molecule has 0 aliphatic heterocycles. The summed E-state index contributed by atoms with van der Waals surface area (Å²) in [6.45, 7) is 5.90. The molecule has 1 unspecified atom stereocenters. The third-order valence-corrected chi connectivity index (χ3v) is 3.80. The first-order chi connectivity index (χ1) is 11.3. The van der Waals surface area contributed by atoms with E-state index in [0.29, 0.717) is 13.0 Å². The number of carboxylic acids is 1. The van der Waals surface area contributed by atoms with Crippen molar-refractivity contribution in [2.24, 2.45) is 0 Å². The van der Waals surface area contributed by atoms with Gasteiger partial charge in [-0.2, -0.15) is 0 Å². The van der Waals surface area contributed by atoms with Crippen molar-refractivity contribution in [1.29, 1.82) is 0 Å². The second-order valence-electron chi connectivity index (χ2n) is 6.26. The molecule has 0 heterocycles. The number of carbonyl (C=O) groups is 2. The summed E-state index contributed by atoms with van der Waals surface area (Å²) in [5.74, 6) is -1.06. The maximum Gasteiger partial charge on any atom is 0.410 e. The van der Waals surface area contributed by atoms with Crippen LogP contribution in [-0.4, -0.2) is 47.4 Å². The minimum atomic E-state index is -1.06. The second-order valence-corrected chi connectivity index (χ2v) is 6.26. The average Bonchev–Trinajstić information content (AvgIpc) is 2.56. The Morgan fingerprint density at radius 2 is 1.88 bits per heavy atom. The number of benzene rings is 1. The Bertz CT molecular complexity index is 529. The van der Waals surface area contributed by atoms with Crippen molar-refractivity contribution in [3.8, 4) is 0 Å². The summed E-state index contributed by atoms with van der Waals surface area (Å²) < 4.78 is 10.6. The molecule has 0 spiro atoms. The van der Waals surface area contributed by atoms with Crippen LogP contribution in [0.2, 0.25) is 0 Å². The number of ether oxygens (including phenoxy) is 2. The fraction of sp³-hybridized carbons (Fsp3) is 0.556. The number of rotatable bonds is 9. The van der Waals surface area contributed by atoms with Gasteiger partial charge in [-0.05, 0) is 25.8 Å². The van der Waals surface area contributed by atoms with Crippen LogP contribution in [0.1, 0.15) is 39.2 Å². The summed E-state index contributed by atoms with van der Waals surface area (Å²) in [6.07, 6.45) is 0.191. The first-order valence-electron chi connectivity index (χ1n) is 8.06. The molecule has 0 aliphatic carbocycles. The lowest BCUT2D eigenvalue weighted by molar-refractivity contribution is -0.145. The zero-order valence-electron chi connectivity index (χ0n) is 14.8. The molecule has 0 bridgehead atoms. The van der Waals surface area contributed by atoms with Gasteiger partial charge in [0, 0.05) is 20.1 Å². The van der Waals surface area contributed by atoms with E-state index in [4.69, 9.17) is 9.47 Å². The lowest BCUT2D eigenvalue weighted by atomic mass is 9.97. The molecule has 1 N–H and O–H groups in total. The van der Waals surface area contributed by atoms with Crippen molar-refractivity contribution < 1.29 is 24.2 Å². The average molecular weight is 337 g/mol. The smallest absolute Gasteiger partial charge is 0.410 e. The lowest BCUT2D eigenvalue weighted by Crippen LogP contribution is -2.49. The molecule has 1 aromatic carbocycles. The van der Waals surface area contributed by atoms with Crippen LogP contribution >= 0.6 is 0 Å². The van der Waals surface area contributed by atoms with Crippen LogP contribution in [0.5, 0.6) is 0 Å². The van der Waals surface area contributed by atoms with Gasteiger partial charge in [0.2, 0.25) is 0 Å². The molecule has 134 valence electrons. The Kier molecular flexibility index (Phi) is 7.71. The fourth-order valence-corrected chi connectivity index (χ4v) is 2.30. The van der Waals surface area contributed by atoms with Crippen LogP contribution in [-0.2, 0) is 20.9 Å². The number of carbonyl (C=O) groups excluding carboxylic acids is 1. The number of carboxylic acid groups (broad SMARTS) is 1. The highest BCUT2D eigenvalue weighted by molar-refractivity contribution is 5.80. The van der Waals surface area contributed by atoms with E-state index in [2.05, 4.69) is 0 Å². The van der Waals surface area contributed by atoms with Gasteiger partial charge in [0.15, 0.2) is 0 Å². The quantitative estimate of drug-likeness (QED) is 0.748. The van der Waals surface area contributed by atoms with Gasteiger partial charge in [-0.1, -0.05) is 37.3 Å². The van der Waals surface area contributed by atoms with E-state index in [1.165, 1.54) is 12.0 Å². The van der Waals surface area contributed by atoms with E-state index >= 15 is 0 Å². The zero-order chi connectivity index (χ0) is 18.2. The largest absolute Gasteiger partial charge is 0.480 e. The molecule has 1 rings (SSSR count). The topological polar surface area (TPSA) is 76.1 Å². The highest BCUT2D eigenvalue weighted by atomic mass is 16.6. The van der Waals surface area contributed by atoms with Crippen LogP contribution in [0.15, 0.2) is 30.3 Å². The normalized spacial score (nSPS) is 12.5. The van der Waals surface area contributed by atoms with Gasteiger partial charge in [0.1, 0.15) is 12.6 Å². The van der Waals surface area contributed by atoms with Gasteiger partial charge in [0.05, 0.1) is 5.60 Å². The first kappa shape index (κ1) is 20.0. The van der Waals surface area contributed by atoms with Crippen molar-refractivity contribution in [3.63, 3.8) is 0 Å². The maximum absolute atomic E-state index is 12.4. The first-order valence-corrected chi connectivity index (χ1v) is 8.06. The Labute approximate surface area is 143 Å². The fourth-order valence-electron chi connectivity index (χ4n) is 2.30. The molecular weight excluding hydrogens is 310 g/mol. The molecule has 0 radical (unpaired) electrons. The molecule has 0 saturated heterocycles. The molecule has 6 heteroatoms. The van der Waals surface area contributed by atoms with Gasteiger partial charge in [-0.3, -0.25) is 4.90 Å². The molecule has 1 amide bonds. The van der Waals surface area contributed by atoms with Crippen LogP contribution in [0.3, 0.4) is 0 Å². The predicted molar refractivity (Wildman–Crippen MR) is 90.8 cm³/mol. The van der Waals surface area contributed by atoms with Gasteiger partial charge >= 0.3 is 12.1 Å². The lowest BCUT2D eigenvalue weighted by Gasteiger charge is -2.33. The molecule has 6 nitrogen and oxygen atoms in total. The maximum atomic E-state index is 12.4. The van der Waals surface area contributed by atoms with Crippen LogP contribution in [0, 0.1) is 0 Å². The van der Waals surface area contributed by atoms with Crippen molar-refractivity contribution in [2.75, 3.05) is 13.7 Å². The predicted octanol–water partition coefficient (Wildman–Crippen LogP) is 3.30. The van der Waals surface area contributed by atoms with E-state index in [0.717, 1.165) is 5.56 Å². The van der Waals surface area contributed by atoms with E-state index in [1.54, 1.807) is 13.8 Å². The van der Waals surface area contributed by atoms with Gasteiger partial charge in [-0.25, -0.2) is 9.59 Å². The Morgan fingerprint density at radius 1 is 1.25 bits per heavy atom. The SMILES string of the molecule is CCCN(C(=O)OCc1ccccc1)C(CC(C)(C)OC)C(=O)O. The Balaban J connectivity index is 2.84. The van der Waals surface area contributed by atoms with Crippen molar-refractivity contribution in [1.82, 2.24) is 4.90 Å². The summed E-state index contributed by atoms with van der Waals surface area (Å²) in [5.41, 5.74) is 0.195. The van der Waals surface area contributed by atoms with Crippen molar-refractivity contribution in [2.45, 2.75) is 51.9 Å². The van der Waals surface area contributed by atoms with Gasteiger partial charge < -0.3 is 14.6 Å². The molecule has 1 atom stereocenters. The van der Waals surface area contributed by atoms with Crippen LogP contribution in [0.4, 0.5) is 4.79 Å². The number of hydrogen-bond donors (Lipinski definition) is 1. The molecule has 0 saturated carbocycles. The van der Waals surface area contributed by atoms with Crippen molar-refractivity contribution >= 4 is 12.1 Å². The Hall–Kier alpha value is -2.08. The summed E-state index contributed by atoms with van der Waals surface area (Å²) in [5, 5.41) is 9.56. The summed E-state index contributed by atoms with van der Waals surface area (Å²) in [6, 6.07) is 8.29. The minimum Gasteiger partial charge on any atom is -0.480 e. The third-order valence-electron chi connectivity index (χ3n) is 3.80. The number of aliphatic carboxylic acids is 1. The summed E-state index contributed by atoms with van der Waals surface area (Å²) in [7, 11) is 1.52. The molecular formula is C18H27NO5. The van der Waals surface area contributed by atoms with Gasteiger partial charge in [0.25, 0.3) is 0 Å². The van der Waals surface area contributed by atoms with E-state index < -0.39 is 23.7 Å². The third kappa shape index (κ3) is 6.20. The highest BCUT2D eigenvalue weighted by Gasteiger charge is 2.35. The Morgan fingerprint density at radius 3 is 2.38 bits per heavy atom. The highest BCUT2D eigenvalue weighted by Crippen LogP contribution is 2.21. The summed E-state index contributed by atoms with van der Waals surface area (Å²) >= 11 is 0. The molecule has 0 aliphatic rings. The number of methoxy groups -OCH3 is 1. The molecule has 24 heavy (non-hydrogen) atoms. The molecule has 1 aromatic rings. The number of amides is 1. The molecule has 0 fully saturated rings. The minimum absolute atomic E-state index is 0.111. The van der Waals surface area contributed by atoms with Crippen molar-refractivity contribution in [3.05, 3.63) is 35.9 Å². The second kappa shape index (κ2) is 9.27.